The summed E-state index contributed by atoms with van der Waals surface area (Å²) in [5.74, 6) is 1.64. The quantitative estimate of drug-likeness (QED) is 0.396. The van der Waals surface area contributed by atoms with Crippen LogP contribution in [0.15, 0.2) is 83.3 Å². The van der Waals surface area contributed by atoms with Crippen LogP contribution in [0.5, 0.6) is 0 Å². The lowest BCUT2D eigenvalue weighted by Crippen LogP contribution is -2.22. The molecule has 0 atom stereocenters. The second kappa shape index (κ2) is 7.21. The van der Waals surface area contributed by atoms with Crippen LogP contribution in [-0.4, -0.2) is 5.91 Å². The zero-order valence-corrected chi connectivity index (χ0v) is 17.2. The van der Waals surface area contributed by atoms with Crippen molar-refractivity contribution in [1.29, 1.82) is 0 Å². The standard InChI is InChI=1S/C28H21NO2/c30-28(29-20-10-2-1-3-11-20)25-23-16-14-18-8-4-6-12-21(18)26(23)31-27-22-13-7-5-9-19(22)15-17-24(25)27/h1-13H,14-17H2/p+1. The van der Waals surface area contributed by atoms with Gasteiger partial charge in [0.1, 0.15) is 0 Å². The Morgan fingerprint density at radius 2 is 1.16 bits per heavy atom. The Morgan fingerprint density at radius 3 is 1.74 bits per heavy atom. The average Bonchev–Trinajstić information content (AvgIpc) is 2.83. The minimum atomic E-state index is -0.0479. The predicted molar refractivity (Wildman–Crippen MR) is 123 cm³/mol. The Hall–Kier alpha value is -3.72. The number of rotatable bonds is 2. The highest BCUT2D eigenvalue weighted by Gasteiger charge is 2.39. The fourth-order valence-corrected chi connectivity index (χ4v) is 4.97. The summed E-state index contributed by atoms with van der Waals surface area (Å²) in [6, 6.07) is 26.4. The normalized spacial score (nSPS) is 13.4. The number of amides is 1. The topological polar surface area (TPSA) is 40.4 Å². The summed E-state index contributed by atoms with van der Waals surface area (Å²) >= 11 is 0. The molecule has 2 aliphatic rings. The predicted octanol–water partition coefficient (Wildman–Crippen LogP) is 6.34. The van der Waals surface area contributed by atoms with Gasteiger partial charge in [-0.1, -0.05) is 54.6 Å². The summed E-state index contributed by atoms with van der Waals surface area (Å²) in [7, 11) is 0. The Morgan fingerprint density at radius 1 is 0.645 bits per heavy atom. The van der Waals surface area contributed by atoms with Crippen molar-refractivity contribution in [2.24, 2.45) is 0 Å². The van der Waals surface area contributed by atoms with Crippen LogP contribution in [0, 0.1) is 0 Å². The van der Waals surface area contributed by atoms with E-state index in [1.807, 2.05) is 42.5 Å². The number of carbonyl (C=O) groups is 1. The number of para-hydroxylation sites is 1. The molecule has 0 radical (unpaired) electrons. The second-order valence-electron chi connectivity index (χ2n) is 8.23. The number of anilines is 1. The van der Waals surface area contributed by atoms with E-state index in [-0.39, 0.29) is 5.91 Å². The minimum absolute atomic E-state index is 0.0479. The molecular formula is C28H22NO2+. The first-order valence-electron chi connectivity index (χ1n) is 10.8. The molecule has 150 valence electrons. The van der Waals surface area contributed by atoms with Gasteiger partial charge in [0.15, 0.2) is 0 Å². The molecule has 3 nitrogen and oxygen atoms in total. The van der Waals surface area contributed by atoms with Gasteiger partial charge >= 0.3 is 11.5 Å². The van der Waals surface area contributed by atoms with E-state index in [1.165, 1.54) is 11.1 Å². The van der Waals surface area contributed by atoms with Gasteiger partial charge in [-0.15, -0.1) is 0 Å². The summed E-state index contributed by atoms with van der Waals surface area (Å²) in [5.41, 5.74) is 8.42. The Kier molecular flexibility index (Phi) is 4.20. The fraction of sp³-hybridized carbons (Fsp3) is 0.143. The molecule has 1 N–H and O–H groups in total. The van der Waals surface area contributed by atoms with Gasteiger partial charge in [-0.2, -0.15) is 0 Å². The Labute approximate surface area is 181 Å². The molecule has 2 aliphatic carbocycles. The maximum atomic E-state index is 13.6. The van der Waals surface area contributed by atoms with Crippen LogP contribution in [0.2, 0.25) is 0 Å². The Bertz CT molecular complexity index is 1250. The van der Waals surface area contributed by atoms with Gasteiger partial charge in [-0.05, 0) is 61.1 Å². The molecule has 0 bridgehead atoms. The molecule has 1 heterocycles. The first-order valence-corrected chi connectivity index (χ1v) is 10.8. The van der Waals surface area contributed by atoms with Crippen molar-refractivity contribution >= 4 is 11.6 Å². The smallest absolute Gasteiger partial charge is 0.322 e. The highest BCUT2D eigenvalue weighted by Crippen LogP contribution is 2.44. The van der Waals surface area contributed by atoms with E-state index in [1.54, 1.807) is 0 Å². The van der Waals surface area contributed by atoms with Gasteiger partial charge in [0.25, 0.3) is 5.91 Å². The molecular weight excluding hydrogens is 382 g/mol. The number of hydrogen-bond donors (Lipinski definition) is 1. The minimum Gasteiger partial charge on any atom is -0.322 e. The third-order valence-electron chi connectivity index (χ3n) is 6.43. The van der Waals surface area contributed by atoms with Gasteiger partial charge in [0.2, 0.25) is 0 Å². The van der Waals surface area contributed by atoms with E-state index < -0.39 is 0 Å². The molecule has 1 aromatic heterocycles. The van der Waals surface area contributed by atoms with Gasteiger partial charge < -0.3 is 5.32 Å². The third kappa shape index (κ3) is 2.97. The summed E-state index contributed by atoms with van der Waals surface area (Å²) in [4.78, 5) is 13.6. The van der Waals surface area contributed by atoms with Crippen LogP contribution in [0.1, 0.15) is 32.6 Å². The molecule has 0 fully saturated rings. The zero-order valence-electron chi connectivity index (χ0n) is 17.2. The van der Waals surface area contributed by atoms with Crippen LogP contribution in [0.25, 0.3) is 22.6 Å². The zero-order chi connectivity index (χ0) is 20.8. The van der Waals surface area contributed by atoms with Crippen molar-refractivity contribution in [1.82, 2.24) is 0 Å². The molecule has 1 amide bonds. The number of fused-ring (bicyclic) bond motifs is 6. The van der Waals surface area contributed by atoms with Gasteiger partial charge in [0, 0.05) is 5.69 Å². The lowest BCUT2D eigenvalue weighted by Gasteiger charge is -2.21. The SMILES string of the molecule is O=C(Nc1ccccc1)c1c2c([o+]c3c1CCc1ccccc1-3)-c1ccccc1CC2. The van der Waals surface area contributed by atoms with E-state index >= 15 is 0 Å². The molecule has 3 aromatic carbocycles. The van der Waals surface area contributed by atoms with E-state index in [0.717, 1.165) is 70.7 Å². The van der Waals surface area contributed by atoms with Crippen LogP contribution in [0.4, 0.5) is 5.69 Å². The fourth-order valence-electron chi connectivity index (χ4n) is 4.97. The number of benzene rings is 3. The van der Waals surface area contributed by atoms with Crippen LogP contribution in [0.3, 0.4) is 0 Å². The van der Waals surface area contributed by atoms with E-state index in [4.69, 9.17) is 4.42 Å². The molecule has 4 aromatic rings. The van der Waals surface area contributed by atoms with E-state index in [0.29, 0.717) is 0 Å². The molecule has 0 unspecified atom stereocenters. The van der Waals surface area contributed by atoms with E-state index in [2.05, 4.69) is 41.7 Å². The summed E-state index contributed by atoms with van der Waals surface area (Å²) < 4.78 is 6.64. The van der Waals surface area contributed by atoms with Crippen LogP contribution >= 0.6 is 0 Å². The molecule has 0 saturated carbocycles. The van der Waals surface area contributed by atoms with E-state index in [9.17, 15) is 4.79 Å². The van der Waals surface area contributed by atoms with Crippen LogP contribution < -0.4 is 5.32 Å². The number of carbonyl (C=O) groups excluding carboxylic acids is 1. The van der Waals surface area contributed by atoms with Crippen molar-refractivity contribution in [3.63, 3.8) is 0 Å². The summed E-state index contributed by atoms with van der Waals surface area (Å²) in [6.45, 7) is 0. The first-order chi connectivity index (χ1) is 15.3. The van der Waals surface area contributed by atoms with Gasteiger partial charge in [-0.3, -0.25) is 4.79 Å². The summed E-state index contributed by atoms with van der Waals surface area (Å²) in [5, 5.41) is 3.13. The second-order valence-corrected chi connectivity index (χ2v) is 8.23. The van der Waals surface area contributed by atoms with Crippen molar-refractivity contribution in [3.8, 4) is 22.6 Å². The van der Waals surface area contributed by atoms with Crippen LogP contribution in [-0.2, 0) is 25.7 Å². The average molecular weight is 404 g/mol. The summed E-state index contributed by atoms with van der Waals surface area (Å²) in [6.07, 6.45) is 3.45. The first kappa shape index (κ1) is 18.1. The highest BCUT2D eigenvalue weighted by molar-refractivity contribution is 6.08. The maximum absolute atomic E-state index is 13.6. The lowest BCUT2D eigenvalue weighted by atomic mass is 9.81. The van der Waals surface area contributed by atoms with Crippen molar-refractivity contribution in [3.05, 3.63) is 107 Å². The maximum Gasteiger partial charge on any atom is 0.365 e. The molecule has 6 rings (SSSR count). The number of aryl methyl sites for hydroxylation is 2. The number of hydrogen-bond acceptors (Lipinski definition) is 1. The molecule has 0 aliphatic heterocycles. The molecule has 3 heteroatoms. The van der Waals surface area contributed by atoms with Crippen molar-refractivity contribution < 1.29 is 9.21 Å². The molecule has 31 heavy (non-hydrogen) atoms. The van der Waals surface area contributed by atoms with Crippen molar-refractivity contribution in [2.45, 2.75) is 25.7 Å². The number of nitrogens with one attached hydrogen (secondary N) is 1. The monoisotopic (exact) mass is 404 g/mol. The highest BCUT2D eigenvalue weighted by atomic mass is 16.3. The van der Waals surface area contributed by atoms with Crippen molar-refractivity contribution in [2.75, 3.05) is 5.32 Å². The van der Waals surface area contributed by atoms with Gasteiger partial charge in [0.05, 0.1) is 27.8 Å². The lowest BCUT2D eigenvalue weighted by molar-refractivity contribution is 0.102. The Balaban J connectivity index is 1.60. The largest absolute Gasteiger partial charge is 0.365 e. The third-order valence-corrected chi connectivity index (χ3v) is 6.43. The molecule has 0 spiro atoms. The molecule has 0 saturated heterocycles. The van der Waals surface area contributed by atoms with Gasteiger partial charge in [-0.25, -0.2) is 4.42 Å².